The smallest absolute Gasteiger partial charge is 0.275 e. The molecule has 1 saturated heterocycles. The fourth-order valence-electron chi connectivity index (χ4n) is 3.14. The largest absolute Gasteiger partial charge is 0.347 e. The molecule has 1 aromatic carbocycles. The van der Waals surface area contributed by atoms with Crippen molar-refractivity contribution in [3.8, 4) is 0 Å². The van der Waals surface area contributed by atoms with E-state index in [-0.39, 0.29) is 11.4 Å². The van der Waals surface area contributed by atoms with Gasteiger partial charge in [0.15, 0.2) is 11.7 Å². The lowest BCUT2D eigenvalue weighted by Crippen LogP contribution is -3.16. The summed E-state index contributed by atoms with van der Waals surface area (Å²) in [6.07, 6.45) is 0. The van der Waals surface area contributed by atoms with Crippen molar-refractivity contribution in [2.24, 2.45) is 0 Å². The topological polar surface area (TPSA) is 48.8 Å². The van der Waals surface area contributed by atoms with Crippen LogP contribution in [0, 0.1) is 13.8 Å². The third kappa shape index (κ3) is 6.63. The van der Waals surface area contributed by atoms with Gasteiger partial charge in [-0.15, -0.1) is 0 Å². The summed E-state index contributed by atoms with van der Waals surface area (Å²) in [6.45, 7) is 14.3. The molecule has 1 aliphatic rings. The lowest BCUT2D eigenvalue weighted by Gasteiger charge is -2.34. The van der Waals surface area contributed by atoms with Crippen LogP contribution in [0.1, 0.15) is 31.9 Å². The second kappa shape index (κ2) is 8.15. The van der Waals surface area contributed by atoms with Gasteiger partial charge in [-0.1, -0.05) is 6.07 Å². The third-order valence-corrected chi connectivity index (χ3v) is 4.52. The van der Waals surface area contributed by atoms with Crippen LogP contribution in [0.5, 0.6) is 0 Å². The SMILES string of the molecule is Cc1cc(C)cc(NC(=S)N2CC[NH+](CC(=O)NC(C)(C)C)CC2)c1. The minimum atomic E-state index is -0.171. The van der Waals surface area contributed by atoms with E-state index in [9.17, 15) is 4.79 Å². The number of quaternary nitrogens is 1. The molecular formula is C19H31N4OS+. The maximum absolute atomic E-state index is 12.1. The molecule has 1 aromatic rings. The summed E-state index contributed by atoms with van der Waals surface area (Å²) in [4.78, 5) is 15.6. The van der Waals surface area contributed by atoms with Gasteiger partial charge >= 0.3 is 0 Å². The van der Waals surface area contributed by atoms with Crippen LogP contribution in [-0.4, -0.2) is 54.2 Å². The third-order valence-electron chi connectivity index (χ3n) is 4.16. The Labute approximate surface area is 156 Å². The lowest BCUT2D eigenvalue weighted by atomic mass is 10.1. The summed E-state index contributed by atoms with van der Waals surface area (Å²) in [6, 6.07) is 6.37. The molecule has 5 nitrogen and oxygen atoms in total. The molecule has 0 saturated carbocycles. The lowest BCUT2D eigenvalue weighted by molar-refractivity contribution is -0.895. The highest BCUT2D eigenvalue weighted by Crippen LogP contribution is 2.14. The Balaban J connectivity index is 1.81. The van der Waals surface area contributed by atoms with E-state index in [2.05, 4.69) is 47.6 Å². The normalized spacial score (nSPS) is 15.8. The van der Waals surface area contributed by atoms with Crippen molar-refractivity contribution in [3.05, 3.63) is 29.3 Å². The van der Waals surface area contributed by atoms with Crippen LogP contribution >= 0.6 is 12.2 Å². The monoisotopic (exact) mass is 363 g/mol. The molecule has 3 N–H and O–H groups in total. The molecule has 0 atom stereocenters. The quantitative estimate of drug-likeness (QED) is 0.705. The number of nitrogens with zero attached hydrogens (tertiary/aromatic N) is 1. The van der Waals surface area contributed by atoms with Crippen molar-refractivity contribution in [2.45, 2.75) is 40.2 Å². The first-order valence-corrected chi connectivity index (χ1v) is 9.32. The summed E-state index contributed by atoms with van der Waals surface area (Å²) in [5, 5.41) is 7.15. The second-order valence-corrected chi connectivity index (χ2v) is 8.41. The van der Waals surface area contributed by atoms with Crippen LogP contribution in [0.15, 0.2) is 18.2 Å². The van der Waals surface area contributed by atoms with Gasteiger partial charge in [0.1, 0.15) is 0 Å². The zero-order chi connectivity index (χ0) is 18.6. The molecule has 0 unspecified atom stereocenters. The molecule has 1 amide bonds. The standard InChI is InChI=1S/C19H30N4OS/c1-14-10-15(2)12-16(11-14)20-18(25)23-8-6-22(7-9-23)13-17(24)21-19(3,4)5/h10-12H,6-9,13H2,1-5H3,(H,20,25)(H,21,24)/p+1. The van der Waals surface area contributed by atoms with Gasteiger partial charge in [0.05, 0.1) is 26.2 Å². The molecule has 0 radical (unpaired) electrons. The van der Waals surface area contributed by atoms with Crippen molar-refractivity contribution in [2.75, 3.05) is 38.0 Å². The summed E-state index contributed by atoms with van der Waals surface area (Å²) in [5.41, 5.74) is 3.33. The van der Waals surface area contributed by atoms with Crippen LogP contribution in [0.4, 0.5) is 5.69 Å². The number of hydrogen-bond donors (Lipinski definition) is 3. The number of thiocarbonyl (C=S) groups is 1. The van der Waals surface area contributed by atoms with Gasteiger partial charge in [0.25, 0.3) is 5.91 Å². The maximum Gasteiger partial charge on any atom is 0.275 e. The summed E-state index contributed by atoms with van der Waals surface area (Å²) in [5.74, 6) is 0.117. The first-order valence-electron chi connectivity index (χ1n) is 8.91. The van der Waals surface area contributed by atoms with E-state index >= 15 is 0 Å². The highest BCUT2D eigenvalue weighted by molar-refractivity contribution is 7.80. The molecule has 138 valence electrons. The predicted octanol–water partition coefficient (Wildman–Crippen LogP) is 1.12. The molecule has 6 heteroatoms. The van der Waals surface area contributed by atoms with E-state index < -0.39 is 0 Å². The van der Waals surface area contributed by atoms with E-state index in [1.807, 2.05) is 20.8 Å². The van der Waals surface area contributed by atoms with Gasteiger partial charge in [-0.05, 0) is 70.1 Å². The van der Waals surface area contributed by atoms with Gasteiger partial charge < -0.3 is 20.4 Å². The Hall–Kier alpha value is -1.66. The van der Waals surface area contributed by atoms with Crippen LogP contribution in [0.25, 0.3) is 0 Å². The fourth-order valence-corrected chi connectivity index (χ4v) is 3.44. The van der Waals surface area contributed by atoms with Crippen LogP contribution < -0.4 is 15.5 Å². The highest BCUT2D eigenvalue weighted by atomic mass is 32.1. The van der Waals surface area contributed by atoms with Crippen LogP contribution in [-0.2, 0) is 4.79 Å². The first kappa shape index (κ1) is 19.7. The van der Waals surface area contributed by atoms with Crippen molar-refractivity contribution in [1.29, 1.82) is 0 Å². The minimum absolute atomic E-state index is 0.117. The summed E-state index contributed by atoms with van der Waals surface area (Å²) >= 11 is 5.57. The first-order chi connectivity index (χ1) is 11.6. The molecule has 1 fully saturated rings. The summed E-state index contributed by atoms with van der Waals surface area (Å²) in [7, 11) is 0. The number of carbonyl (C=O) groups is 1. The molecule has 1 aliphatic heterocycles. The fraction of sp³-hybridized carbons (Fsp3) is 0.579. The van der Waals surface area contributed by atoms with Crippen molar-refractivity contribution in [3.63, 3.8) is 0 Å². The second-order valence-electron chi connectivity index (χ2n) is 8.02. The zero-order valence-corrected chi connectivity index (χ0v) is 16.8. The molecule has 25 heavy (non-hydrogen) atoms. The Kier molecular flexibility index (Phi) is 6.41. The molecule has 0 aromatic heterocycles. The average Bonchev–Trinajstić information content (AvgIpc) is 2.44. The minimum Gasteiger partial charge on any atom is -0.347 e. The Morgan fingerprint density at radius 3 is 2.24 bits per heavy atom. The average molecular weight is 364 g/mol. The number of anilines is 1. The molecule has 0 spiro atoms. The van der Waals surface area contributed by atoms with Gasteiger partial charge in [-0.25, -0.2) is 0 Å². The Morgan fingerprint density at radius 1 is 1.16 bits per heavy atom. The van der Waals surface area contributed by atoms with E-state index in [4.69, 9.17) is 12.2 Å². The van der Waals surface area contributed by atoms with Gasteiger partial charge in [0, 0.05) is 11.2 Å². The van der Waals surface area contributed by atoms with E-state index in [0.29, 0.717) is 6.54 Å². The molecular weight excluding hydrogens is 332 g/mol. The number of aryl methyl sites for hydroxylation is 2. The summed E-state index contributed by atoms with van der Waals surface area (Å²) < 4.78 is 0. The van der Waals surface area contributed by atoms with Gasteiger partial charge in [-0.3, -0.25) is 4.79 Å². The number of piperazine rings is 1. The van der Waals surface area contributed by atoms with Gasteiger partial charge in [-0.2, -0.15) is 0 Å². The number of rotatable bonds is 3. The van der Waals surface area contributed by atoms with Crippen LogP contribution in [0.2, 0.25) is 0 Å². The van der Waals surface area contributed by atoms with Crippen molar-refractivity contribution < 1.29 is 9.69 Å². The Morgan fingerprint density at radius 2 is 1.72 bits per heavy atom. The maximum atomic E-state index is 12.1. The highest BCUT2D eigenvalue weighted by Gasteiger charge is 2.25. The Bertz CT molecular complexity index is 611. The number of carbonyl (C=O) groups excluding carboxylic acids is 1. The molecule has 2 rings (SSSR count). The predicted molar refractivity (Wildman–Crippen MR) is 107 cm³/mol. The van der Waals surface area contributed by atoms with E-state index in [1.54, 1.807) is 0 Å². The number of nitrogens with one attached hydrogen (secondary N) is 3. The zero-order valence-electron chi connectivity index (χ0n) is 16.0. The van der Waals surface area contributed by atoms with Gasteiger partial charge in [0.2, 0.25) is 0 Å². The number of amides is 1. The van der Waals surface area contributed by atoms with Crippen LogP contribution in [0.3, 0.4) is 0 Å². The number of benzene rings is 1. The van der Waals surface area contributed by atoms with E-state index in [0.717, 1.165) is 37.0 Å². The molecule has 0 aliphatic carbocycles. The molecule has 1 heterocycles. The molecule has 0 bridgehead atoms. The van der Waals surface area contributed by atoms with E-state index in [1.165, 1.54) is 16.0 Å². The number of hydrogen-bond acceptors (Lipinski definition) is 2. The van der Waals surface area contributed by atoms with Crippen molar-refractivity contribution in [1.82, 2.24) is 10.2 Å². The van der Waals surface area contributed by atoms with Crippen molar-refractivity contribution >= 4 is 28.9 Å².